The molecular formula is C18H10F6N2O2. The molecule has 0 fully saturated rings. The van der Waals surface area contributed by atoms with E-state index in [9.17, 15) is 26.3 Å². The van der Waals surface area contributed by atoms with Gasteiger partial charge in [0.2, 0.25) is 0 Å². The van der Waals surface area contributed by atoms with Crippen LogP contribution in [0.1, 0.15) is 0 Å². The second kappa shape index (κ2) is 7.37. The molecule has 0 aliphatic rings. The third kappa shape index (κ3) is 5.35. The summed E-state index contributed by atoms with van der Waals surface area (Å²) in [6, 6.07) is 11.7. The van der Waals surface area contributed by atoms with Crippen LogP contribution in [0.4, 0.5) is 26.3 Å². The highest BCUT2D eigenvalue weighted by molar-refractivity contribution is 5.69. The Kier molecular flexibility index (Phi) is 5.12. The molecule has 0 unspecified atom stereocenters. The molecule has 3 rings (SSSR count). The van der Waals surface area contributed by atoms with E-state index in [0.717, 1.165) is 30.6 Å². The van der Waals surface area contributed by atoms with Crippen LogP contribution in [-0.2, 0) is 0 Å². The number of hydrogen-bond donors (Lipinski definition) is 0. The monoisotopic (exact) mass is 400 g/mol. The van der Waals surface area contributed by atoms with E-state index in [2.05, 4.69) is 19.4 Å². The minimum absolute atomic E-state index is 0.264. The van der Waals surface area contributed by atoms with Crippen molar-refractivity contribution in [3.05, 3.63) is 60.9 Å². The van der Waals surface area contributed by atoms with Crippen molar-refractivity contribution in [2.75, 3.05) is 0 Å². The molecular weight excluding hydrogens is 390 g/mol. The van der Waals surface area contributed by atoms with E-state index in [0.29, 0.717) is 11.1 Å². The lowest BCUT2D eigenvalue weighted by molar-refractivity contribution is -0.275. The lowest BCUT2D eigenvalue weighted by atomic mass is 10.1. The van der Waals surface area contributed by atoms with E-state index >= 15 is 0 Å². The van der Waals surface area contributed by atoms with Crippen molar-refractivity contribution in [1.29, 1.82) is 0 Å². The van der Waals surface area contributed by atoms with Crippen LogP contribution in [0.5, 0.6) is 11.5 Å². The van der Waals surface area contributed by atoms with Gasteiger partial charge in [-0.1, -0.05) is 24.3 Å². The number of rotatable bonds is 4. The van der Waals surface area contributed by atoms with Gasteiger partial charge >= 0.3 is 12.7 Å². The molecule has 146 valence electrons. The average Bonchev–Trinajstić information content (AvgIpc) is 2.59. The Morgan fingerprint density at radius 3 is 1.43 bits per heavy atom. The van der Waals surface area contributed by atoms with Crippen molar-refractivity contribution in [3.8, 4) is 34.0 Å². The summed E-state index contributed by atoms with van der Waals surface area (Å²) in [4.78, 5) is 7.99. The first-order valence-corrected chi connectivity index (χ1v) is 7.63. The summed E-state index contributed by atoms with van der Waals surface area (Å²) in [5.74, 6) is -0.850. The van der Waals surface area contributed by atoms with Gasteiger partial charge in [0, 0.05) is 11.1 Å². The van der Waals surface area contributed by atoms with Crippen LogP contribution >= 0.6 is 0 Å². The van der Waals surface area contributed by atoms with Crippen molar-refractivity contribution in [2.45, 2.75) is 12.7 Å². The summed E-state index contributed by atoms with van der Waals surface area (Å²) in [5.41, 5.74) is 1.15. The zero-order valence-electron chi connectivity index (χ0n) is 13.8. The summed E-state index contributed by atoms with van der Waals surface area (Å²) in [6.45, 7) is 0. The largest absolute Gasteiger partial charge is 0.573 e. The van der Waals surface area contributed by atoms with E-state index in [-0.39, 0.29) is 11.4 Å². The number of aromatic nitrogens is 2. The van der Waals surface area contributed by atoms with Crippen molar-refractivity contribution in [1.82, 2.24) is 9.97 Å². The number of hydrogen-bond acceptors (Lipinski definition) is 4. The zero-order valence-corrected chi connectivity index (χ0v) is 13.8. The van der Waals surface area contributed by atoms with Crippen molar-refractivity contribution in [2.24, 2.45) is 0 Å². The maximum atomic E-state index is 12.4. The molecule has 2 aromatic carbocycles. The molecule has 10 heteroatoms. The van der Waals surface area contributed by atoms with Crippen LogP contribution in [0.25, 0.3) is 22.5 Å². The standard InChI is InChI=1S/C18H10F6N2O2/c19-17(20,21)27-13-5-1-3-11(7-13)15-9-16(26-10-25-15)12-4-2-6-14(8-12)28-18(22,23)24/h1-10H. The Bertz CT molecular complexity index is 898. The Labute approximate surface area is 154 Å². The second-order valence-electron chi connectivity index (χ2n) is 5.44. The highest BCUT2D eigenvalue weighted by Crippen LogP contribution is 2.30. The molecule has 1 heterocycles. The Hall–Kier alpha value is -3.30. The number of benzene rings is 2. The molecule has 0 atom stereocenters. The Balaban J connectivity index is 1.91. The Morgan fingerprint density at radius 2 is 1.04 bits per heavy atom. The molecule has 28 heavy (non-hydrogen) atoms. The molecule has 0 N–H and O–H groups in total. The lowest BCUT2D eigenvalue weighted by Crippen LogP contribution is -2.17. The molecule has 4 nitrogen and oxygen atoms in total. The van der Waals surface area contributed by atoms with Crippen LogP contribution < -0.4 is 9.47 Å². The number of nitrogens with zero attached hydrogens (tertiary/aromatic N) is 2. The molecule has 3 aromatic rings. The van der Waals surface area contributed by atoms with E-state index in [4.69, 9.17) is 0 Å². The molecule has 0 bridgehead atoms. The fourth-order valence-electron chi connectivity index (χ4n) is 2.38. The van der Waals surface area contributed by atoms with Gasteiger partial charge in [-0.05, 0) is 30.3 Å². The SMILES string of the molecule is FC(F)(F)Oc1cccc(-c2cc(-c3cccc(OC(F)(F)F)c3)ncn2)c1. The van der Waals surface area contributed by atoms with Gasteiger partial charge in [-0.15, -0.1) is 26.3 Å². The molecule has 0 spiro atoms. The highest BCUT2D eigenvalue weighted by Gasteiger charge is 2.32. The van der Waals surface area contributed by atoms with E-state index in [1.54, 1.807) is 0 Å². The average molecular weight is 400 g/mol. The summed E-state index contributed by atoms with van der Waals surface area (Å²) >= 11 is 0. The fraction of sp³-hybridized carbons (Fsp3) is 0.111. The number of ether oxygens (including phenoxy) is 2. The predicted octanol–water partition coefficient (Wildman–Crippen LogP) is 5.61. The number of alkyl halides is 6. The van der Waals surface area contributed by atoms with E-state index in [1.165, 1.54) is 30.3 Å². The number of halogens is 6. The van der Waals surface area contributed by atoms with Gasteiger partial charge < -0.3 is 9.47 Å². The first kappa shape index (κ1) is 19.5. The van der Waals surface area contributed by atoms with Crippen LogP contribution in [0.3, 0.4) is 0 Å². The first-order chi connectivity index (χ1) is 13.1. The smallest absolute Gasteiger partial charge is 0.406 e. The van der Waals surface area contributed by atoms with E-state index < -0.39 is 24.2 Å². The second-order valence-corrected chi connectivity index (χ2v) is 5.44. The van der Waals surface area contributed by atoms with E-state index in [1.807, 2.05) is 0 Å². The minimum atomic E-state index is -4.84. The van der Waals surface area contributed by atoms with Crippen molar-refractivity contribution in [3.63, 3.8) is 0 Å². The van der Waals surface area contributed by atoms with Gasteiger partial charge in [-0.3, -0.25) is 0 Å². The third-order valence-electron chi connectivity index (χ3n) is 3.39. The summed E-state index contributed by atoms with van der Waals surface area (Å²) in [6.07, 6.45) is -8.53. The highest BCUT2D eigenvalue weighted by atomic mass is 19.4. The van der Waals surface area contributed by atoms with Gasteiger partial charge in [0.1, 0.15) is 17.8 Å². The molecule has 0 aliphatic carbocycles. The van der Waals surface area contributed by atoms with Crippen LogP contribution in [0.15, 0.2) is 60.9 Å². The molecule has 0 aliphatic heterocycles. The van der Waals surface area contributed by atoms with Gasteiger partial charge in [-0.2, -0.15) is 0 Å². The van der Waals surface area contributed by atoms with Gasteiger partial charge in [0.25, 0.3) is 0 Å². The topological polar surface area (TPSA) is 44.2 Å². The first-order valence-electron chi connectivity index (χ1n) is 7.63. The Morgan fingerprint density at radius 1 is 0.607 bits per heavy atom. The van der Waals surface area contributed by atoms with Gasteiger partial charge in [0.05, 0.1) is 11.4 Å². The summed E-state index contributed by atoms with van der Waals surface area (Å²) in [5, 5.41) is 0. The van der Waals surface area contributed by atoms with Crippen molar-refractivity contribution < 1.29 is 35.8 Å². The van der Waals surface area contributed by atoms with Crippen LogP contribution in [0, 0.1) is 0 Å². The molecule has 0 saturated carbocycles. The summed E-state index contributed by atoms with van der Waals surface area (Å²) in [7, 11) is 0. The zero-order chi connectivity index (χ0) is 20.4. The lowest BCUT2D eigenvalue weighted by Gasteiger charge is -2.11. The molecule has 0 radical (unpaired) electrons. The maximum Gasteiger partial charge on any atom is 0.573 e. The van der Waals surface area contributed by atoms with Gasteiger partial charge in [0.15, 0.2) is 0 Å². The molecule has 0 saturated heterocycles. The third-order valence-corrected chi connectivity index (χ3v) is 3.39. The molecule has 0 amide bonds. The predicted molar refractivity (Wildman–Crippen MR) is 86.3 cm³/mol. The van der Waals surface area contributed by atoms with Crippen molar-refractivity contribution >= 4 is 0 Å². The summed E-state index contributed by atoms with van der Waals surface area (Å²) < 4.78 is 82.0. The van der Waals surface area contributed by atoms with Gasteiger partial charge in [-0.25, -0.2) is 9.97 Å². The molecule has 1 aromatic heterocycles. The maximum absolute atomic E-state index is 12.4. The minimum Gasteiger partial charge on any atom is -0.406 e. The van der Waals surface area contributed by atoms with Crippen LogP contribution in [0.2, 0.25) is 0 Å². The van der Waals surface area contributed by atoms with Crippen LogP contribution in [-0.4, -0.2) is 22.7 Å². The quantitative estimate of drug-likeness (QED) is 0.534. The fourth-order valence-corrected chi connectivity index (χ4v) is 2.38. The normalized spacial score (nSPS) is 11.9.